The molecule has 1 aromatic carbocycles. The number of hydrogen-bond donors (Lipinski definition) is 0. The van der Waals surface area contributed by atoms with Gasteiger partial charge >= 0.3 is 0 Å². The molecule has 0 saturated carbocycles. The van der Waals surface area contributed by atoms with Crippen LogP contribution in [0.1, 0.15) is 18.4 Å². The molecule has 2 saturated heterocycles. The molecule has 1 aromatic rings. The summed E-state index contributed by atoms with van der Waals surface area (Å²) in [4.78, 5) is 29.1. The Labute approximate surface area is 157 Å². The van der Waals surface area contributed by atoms with Crippen LogP contribution in [0.4, 0.5) is 4.79 Å². The van der Waals surface area contributed by atoms with Gasteiger partial charge in [-0.15, -0.1) is 0 Å². The number of morpholine rings is 1. The van der Waals surface area contributed by atoms with Gasteiger partial charge < -0.3 is 9.64 Å². The molecule has 7 heteroatoms. The third kappa shape index (κ3) is 4.68. The molecule has 2 fully saturated rings. The van der Waals surface area contributed by atoms with Gasteiger partial charge in [-0.05, 0) is 29.8 Å². The fraction of sp³-hybridized carbons (Fsp3) is 0.389. The van der Waals surface area contributed by atoms with Crippen LogP contribution in [-0.2, 0) is 9.53 Å². The molecule has 2 heterocycles. The number of thioether (sulfide) groups is 1. The summed E-state index contributed by atoms with van der Waals surface area (Å²) in [6.45, 7) is 2.99. The van der Waals surface area contributed by atoms with Crippen molar-refractivity contribution in [2.75, 3.05) is 32.8 Å². The maximum Gasteiger partial charge on any atom is 0.291 e. The molecule has 0 aromatic heterocycles. The number of thiocarbonyl (C=S) groups is 1. The van der Waals surface area contributed by atoms with E-state index in [1.165, 1.54) is 0 Å². The standard InChI is InChI=1S/C18H20N2O3S2/c21-16(19-9-11-23-12-10-19)7-4-8-20-17(24)15(25-18(20)22)13-14-5-2-1-3-6-14/h1-3,5-6,13H,4,7-12H2/b15-13-. The minimum atomic E-state index is -0.0639. The van der Waals surface area contributed by atoms with Crippen LogP contribution in [0.5, 0.6) is 0 Å². The molecule has 0 unspecified atom stereocenters. The topological polar surface area (TPSA) is 49.9 Å². The number of ether oxygens (including phenoxy) is 1. The van der Waals surface area contributed by atoms with E-state index in [2.05, 4.69) is 0 Å². The lowest BCUT2D eigenvalue weighted by molar-refractivity contribution is -0.135. The molecular weight excluding hydrogens is 356 g/mol. The van der Waals surface area contributed by atoms with Crippen LogP contribution >= 0.6 is 24.0 Å². The van der Waals surface area contributed by atoms with E-state index in [9.17, 15) is 9.59 Å². The van der Waals surface area contributed by atoms with E-state index in [1.54, 1.807) is 4.90 Å². The Kier molecular flexibility index (Phi) is 6.23. The summed E-state index contributed by atoms with van der Waals surface area (Å²) in [6.07, 6.45) is 2.97. The Morgan fingerprint density at radius 1 is 1.24 bits per heavy atom. The summed E-state index contributed by atoms with van der Waals surface area (Å²) in [5, 5.41) is -0.0639. The van der Waals surface area contributed by atoms with Crippen molar-refractivity contribution in [1.29, 1.82) is 0 Å². The van der Waals surface area contributed by atoms with E-state index >= 15 is 0 Å². The summed E-state index contributed by atoms with van der Waals surface area (Å²) in [5.41, 5.74) is 1.02. The molecule has 25 heavy (non-hydrogen) atoms. The van der Waals surface area contributed by atoms with Crippen LogP contribution < -0.4 is 0 Å². The second-order valence-electron chi connectivity index (χ2n) is 5.84. The first-order chi connectivity index (χ1) is 12.1. The molecule has 5 nitrogen and oxygen atoms in total. The molecule has 0 N–H and O–H groups in total. The van der Waals surface area contributed by atoms with Gasteiger partial charge in [0.1, 0.15) is 4.99 Å². The summed E-state index contributed by atoms with van der Waals surface area (Å²) in [6, 6.07) is 9.80. The molecule has 3 rings (SSSR count). The van der Waals surface area contributed by atoms with Crippen molar-refractivity contribution >= 4 is 46.2 Å². The third-order valence-electron chi connectivity index (χ3n) is 4.11. The van der Waals surface area contributed by atoms with E-state index < -0.39 is 0 Å². The second kappa shape index (κ2) is 8.60. The molecule has 2 aliphatic heterocycles. The summed E-state index contributed by atoms with van der Waals surface area (Å²) in [7, 11) is 0. The molecule has 132 valence electrons. The molecule has 2 aliphatic rings. The number of benzene rings is 1. The lowest BCUT2D eigenvalue weighted by Crippen LogP contribution is -2.41. The van der Waals surface area contributed by atoms with Gasteiger partial charge in [0, 0.05) is 26.1 Å². The van der Waals surface area contributed by atoms with Gasteiger partial charge in [0.05, 0.1) is 18.1 Å². The molecule has 2 amide bonds. The monoisotopic (exact) mass is 376 g/mol. The van der Waals surface area contributed by atoms with Gasteiger partial charge in [0.2, 0.25) is 5.91 Å². The van der Waals surface area contributed by atoms with E-state index in [0.29, 0.717) is 50.7 Å². The quantitative estimate of drug-likeness (QED) is 0.584. The lowest BCUT2D eigenvalue weighted by Gasteiger charge is -2.27. The van der Waals surface area contributed by atoms with Crippen molar-refractivity contribution in [2.24, 2.45) is 0 Å². The highest BCUT2D eigenvalue weighted by Gasteiger charge is 2.31. The summed E-state index contributed by atoms with van der Waals surface area (Å²) < 4.78 is 5.25. The van der Waals surface area contributed by atoms with E-state index in [1.807, 2.05) is 41.3 Å². The van der Waals surface area contributed by atoms with Gasteiger partial charge in [-0.25, -0.2) is 0 Å². The highest BCUT2D eigenvalue weighted by Crippen LogP contribution is 2.33. The Morgan fingerprint density at radius 3 is 2.68 bits per heavy atom. The van der Waals surface area contributed by atoms with E-state index in [-0.39, 0.29) is 11.1 Å². The molecule has 0 atom stereocenters. The highest BCUT2D eigenvalue weighted by atomic mass is 32.2. The summed E-state index contributed by atoms with van der Waals surface area (Å²) in [5.74, 6) is 0.119. The fourth-order valence-electron chi connectivity index (χ4n) is 2.75. The number of hydrogen-bond acceptors (Lipinski definition) is 5. The first-order valence-electron chi connectivity index (χ1n) is 8.31. The van der Waals surface area contributed by atoms with Crippen LogP contribution in [0.25, 0.3) is 6.08 Å². The average Bonchev–Trinajstić information content (AvgIpc) is 2.90. The zero-order chi connectivity index (χ0) is 17.6. The highest BCUT2D eigenvalue weighted by molar-refractivity contribution is 8.19. The molecule has 0 aliphatic carbocycles. The van der Waals surface area contributed by atoms with Crippen LogP contribution in [0.3, 0.4) is 0 Å². The Hall–Kier alpha value is -1.70. The first-order valence-corrected chi connectivity index (χ1v) is 9.53. The van der Waals surface area contributed by atoms with Crippen molar-refractivity contribution in [2.45, 2.75) is 12.8 Å². The fourth-order valence-corrected chi connectivity index (χ4v) is 4.04. The van der Waals surface area contributed by atoms with Gasteiger partial charge in [0.15, 0.2) is 0 Å². The van der Waals surface area contributed by atoms with Gasteiger partial charge in [-0.2, -0.15) is 0 Å². The smallest absolute Gasteiger partial charge is 0.291 e. The molecular formula is C18H20N2O3S2. The maximum absolute atomic E-state index is 12.2. The first kappa shape index (κ1) is 18.1. The molecule has 0 spiro atoms. The number of carbonyl (C=O) groups is 2. The van der Waals surface area contributed by atoms with Crippen LogP contribution in [0.2, 0.25) is 0 Å². The predicted molar refractivity (Wildman–Crippen MR) is 103 cm³/mol. The number of amides is 2. The average molecular weight is 377 g/mol. The lowest BCUT2D eigenvalue weighted by atomic mass is 10.2. The molecule has 0 bridgehead atoms. The van der Waals surface area contributed by atoms with Gasteiger partial charge in [-0.1, -0.05) is 42.5 Å². The maximum atomic E-state index is 12.2. The van der Waals surface area contributed by atoms with Gasteiger partial charge in [0.25, 0.3) is 5.24 Å². The van der Waals surface area contributed by atoms with Crippen molar-refractivity contribution in [1.82, 2.24) is 9.80 Å². The Morgan fingerprint density at radius 2 is 1.96 bits per heavy atom. The Bertz CT molecular complexity index is 685. The zero-order valence-electron chi connectivity index (χ0n) is 13.8. The number of nitrogens with zero attached hydrogens (tertiary/aromatic N) is 2. The van der Waals surface area contributed by atoms with Crippen LogP contribution in [-0.4, -0.2) is 58.8 Å². The minimum Gasteiger partial charge on any atom is -0.378 e. The van der Waals surface area contributed by atoms with E-state index in [4.69, 9.17) is 17.0 Å². The second-order valence-corrected chi connectivity index (χ2v) is 7.22. The van der Waals surface area contributed by atoms with E-state index in [0.717, 1.165) is 22.2 Å². The molecule has 0 radical (unpaired) electrons. The summed E-state index contributed by atoms with van der Waals surface area (Å²) >= 11 is 6.60. The van der Waals surface area contributed by atoms with Crippen LogP contribution in [0, 0.1) is 0 Å². The normalized spacial score (nSPS) is 19.8. The number of carbonyl (C=O) groups excluding carboxylic acids is 2. The van der Waals surface area contributed by atoms with Crippen molar-refractivity contribution < 1.29 is 14.3 Å². The zero-order valence-corrected chi connectivity index (χ0v) is 15.5. The predicted octanol–water partition coefficient (Wildman–Crippen LogP) is 3.16. The van der Waals surface area contributed by atoms with Crippen LogP contribution in [0.15, 0.2) is 35.2 Å². The van der Waals surface area contributed by atoms with Gasteiger partial charge in [-0.3, -0.25) is 14.5 Å². The SMILES string of the molecule is O=C(CCCN1C(=O)S/C(=C\c2ccccc2)C1=S)N1CCOCC1. The third-order valence-corrected chi connectivity index (χ3v) is 5.60. The largest absolute Gasteiger partial charge is 0.378 e. The van der Waals surface area contributed by atoms with Crippen molar-refractivity contribution in [3.8, 4) is 0 Å². The van der Waals surface area contributed by atoms with Crippen molar-refractivity contribution in [3.05, 3.63) is 40.8 Å². The minimum absolute atomic E-state index is 0.0639. The number of rotatable bonds is 5. The van der Waals surface area contributed by atoms with Crippen molar-refractivity contribution in [3.63, 3.8) is 0 Å². The Balaban J connectivity index is 1.52.